The second-order valence-corrected chi connectivity index (χ2v) is 5.25. The Morgan fingerprint density at radius 3 is 2.80 bits per heavy atom. The van der Waals surface area contributed by atoms with Crippen LogP contribution in [0.1, 0.15) is 30.0 Å². The van der Waals surface area contributed by atoms with Gasteiger partial charge in [-0.05, 0) is 43.8 Å². The molecule has 3 aromatic rings. The Hall–Kier alpha value is -1.71. The van der Waals surface area contributed by atoms with Crippen molar-refractivity contribution in [2.75, 3.05) is 6.54 Å². The number of hydrogen-bond donors (Lipinski definition) is 1. The third-order valence-corrected chi connectivity index (χ3v) is 3.51. The summed E-state index contributed by atoms with van der Waals surface area (Å²) in [4.78, 5) is 0. The molecule has 1 aromatic carbocycles. The van der Waals surface area contributed by atoms with Crippen LogP contribution in [0.25, 0.3) is 11.0 Å². The van der Waals surface area contributed by atoms with Crippen molar-refractivity contribution in [2.24, 2.45) is 0 Å². The number of rotatable bonds is 4. The summed E-state index contributed by atoms with van der Waals surface area (Å²) in [6, 6.07) is 9.67. The predicted molar refractivity (Wildman–Crippen MR) is 80.2 cm³/mol. The maximum absolute atomic E-state index is 6.02. The Morgan fingerprint density at radius 1 is 1.25 bits per heavy atom. The van der Waals surface area contributed by atoms with Crippen LogP contribution in [0, 0.1) is 6.92 Å². The van der Waals surface area contributed by atoms with Gasteiger partial charge in [0.05, 0.1) is 12.3 Å². The minimum absolute atomic E-state index is 0.0105. The van der Waals surface area contributed by atoms with Crippen molar-refractivity contribution < 1.29 is 8.83 Å². The van der Waals surface area contributed by atoms with Crippen molar-refractivity contribution in [1.82, 2.24) is 5.32 Å². The number of hydrogen-bond acceptors (Lipinski definition) is 3. The van der Waals surface area contributed by atoms with Crippen LogP contribution in [0.2, 0.25) is 5.02 Å². The fourth-order valence-corrected chi connectivity index (χ4v) is 2.56. The van der Waals surface area contributed by atoms with Crippen molar-refractivity contribution in [3.8, 4) is 0 Å². The zero-order chi connectivity index (χ0) is 14.1. The molecule has 3 rings (SSSR count). The van der Waals surface area contributed by atoms with Crippen molar-refractivity contribution in [2.45, 2.75) is 19.9 Å². The molecule has 0 spiro atoms. The summed E-state index contributed by atoms with van der Waals surface area (Å²) in [5.74, 6) is 1.76. The van der Waals surface area contributed by atoms with Gasteiger partial charge in [-0.25, -0.2) is 0 Å². The molecule has 0 aliphatic carbocycles. The molecule has 2 heterocycles. The van der Waals surface area contributed by atoms with Crippen LogP contribution < -0.4 is 5.32 Å². The van der Waals surface area contributed by atoms with E-state index in [1.807, 2.05) is 37.3 Å². The molecule has 4 heteroatoms. The Kier molecular flexibility index (Phi) is 3.55. The summed E-state index contributed by atoms with van der Waals surface area (Å²) in [7, 11) is 0. The SMILES string of the molecule is CCNC(c1coc(C)c1)c1cc2cc(Cl)ccc2o1. The van der Waals surface area contributed by atoms with Gasteiger partial charge in [-0.2, -0.15) is 0 Å². The van der Waals surface area contributed by atoms with Gasteiger partial charge >= 0.3 is 0 Å². The second kappa shape index (κ2) is 5.35. The normalized spacial score (nSPS) is 12.9. The lowest BCUT2D eigenvalue weighted by molar-refractivity contribution is 0.470. The van der Waals surface area contributed by atoms with Crippen LogP contribution >= 0.6 is 11.6 Å². The van der Waals surface area contributed by atoms with E-state index in [1.54, 1.807) is 6.26 Å². The monoisotopic (exact) mass is 289 g/mol. The molecule has 2 aromatic heterocycles. The summed E-state index contributed by atoms with van der Waals surface area (Å²) in [5.41, 5.74) is 1.90. The lowest BCUT2D eigenvalue weighted by atomic mass is 10.1. The zero-order valence-corrected chi connectivity index (χ0v) is 12.2. The van der Waals surface area contributed by atoms with Crippen molar-refractivity contribution in [3.05, 3.63) is 58.7 Å². The smallest absolute Gasteiger partial charge is 0.134 e. The minimum atomic E-state index is -0.0105. The van der Waals surface area contributed by atoms with E-state index in [-0.39, 0.29) is 6.04 Å². The van der Waals surface area contributed by atoms with E-state index < -0.39 is 0 Å². The van der Waals surface area contributed by atoms with Crippen LogP contribution in [0.3, 0.4) is 0 Å². The highest BCUT2D eigenvalue weighted by atomic mass is 35.5. The van der Waals surface area contributed by atoms with Gasteiger partial charge in [0.15, 0.2) is 0 Å². The van der Waals surface area contributed by atoms with Gasteiger partial charge in [0.2, 0.25) is 0 Å². The molecule has 1 atom stereocenters. The number of benzene rings is 1. The molecule has 104 valence electrons. The van der Waals surface area contributed by atoms with Crippen LogP contribution in [0.5, 0.6) is 0 Å². The molecule has 0 aliphatic heterocycles. The van der Waals surface area contributed by atoms with Crippen molar-refractivity contribution in [1.29, 1.82) is 0 Å². The molecule has 1 unspecified atom stereocenters. The van der Waals surface area contributed by atoms with Crippen LogP contribution in [0.15, 0.2) is 45.4 Å². The minimum Gasteiger partial charge on any atom is -0.469 e. The third-order valence-electron chi connectivity index (χ3n) is 3.27. The zero-order valence-electron chi connectivity index (χ0n) is 11.4. The molecule has 0 aliphatic rings. The summed E-state index contributed by atoms with van der Waals surface area (Å²) in [6.45, 7) is 4.84. The first-order valence-electron chi connectivity index (χ1n) is 6.65. The average Bonchev–Trinajstić information content (AvgIpc) is 3.01. The quantitative estimate of drug-likeness (QED) is 0.757. The summed E-state index contributed by atoms with van der Waals surface area (Å²) >= 11 is 6.02. The molecular weight excluding hydrogens is 274 g/mol. The van der Waals surface area contributed by atoms with Crippen LogP contribution in [-0.2, 0) is 0 Å². The molecule has 0 saturated carbocycles. The molecule has 20 heavy (non-hydrogen) atoms. The summed E-state index contributed by atoms with van der Waals surface area (Å²) in [5, 5.41) is 5.14. The molecule has 1 N–H and O–H groups in total. The Labute approximate surface area is 122 Å². The first-order valence-corrected chi connectivity index (χ1v) is 7.02. The van der Waals surface area contributed by atoms with Gasteiger partial charge in [-0.1, -0.05) is 18.5 Å². The van der Waals surface area contributed by atoms with Crippen LogP contribution in [0.4, 0.5) is 0 Å². The highest BCUT2D eigenvalue weighted by Gasteiger charge is 2.19. The van der Waals surface area contributed by atoms with E-state index in [9.17, 15) is 0 Å². The lowest BCUT2D eigenvalue weighted by Crippen LogP contribution is -2.20. The van der Waals surface area contributed by atoms with E-state index in [0.717, 1.165) is 34.6 Å². The summed E-state index contributed by atoms with van der Waals surface area (Å²) < 4.78 is 11.3. The maximum Gasteiger partial charge on any atom is 0.134 e. The molecule has 0 bridgehead atoms. The second-order valence-electron chi connectivity index (χ2n) is 4.81. The van der Waals surface area contributed by atoms with Crippen molar-refractivity contribution >= 4 is 22.6 Å². The maximum atomic E-state index is 6.02. The number of halogens is 1. The number of nitrogens with one attached hydrogen (secondary N) is 1. The number of aryl methyl sites for hydroxylation is 1. The van der Waals surface area contributed by atoms with E-state index in [2.05, 4.69) is 12.2 Å². The summed E-state index contributed by atoms with van der Waals surface area (Å²) in [6.07, 6.45) is 1.77. The lowest BCUT2D eigenvalue weighted by Gasteiger charge is -2.13. The van der Waals surface area contributed by atoms with E-state index in [1.165, 1.54) is 0 Å². The highest BCUT2D eigenvalue weighted by Crippen LogP contribution is 2.30. The van der Waals surface area contributed by atoms with Gasteiger partial charge in [0.25, 0.3) is 0 Å². The van der Waals surface area contributed by atoms with E-state index in [4.69, 9.17) is 20.4 Å². The van der Waals surface area contributed by atoms with Gasteiger partial charge < -0.3 is 14.2 Å². The molecule has 0 radical (unpaired) electrons. The fraction of sp³-hybridized carbons (Fsp3) is 0.250. The first kappa shape index (κ1) is 13.3. The van der Waals surface area contributed by atoms with Gasteiger partial charge in [-0.3, -0.25) is 0 Å². The van der Waals surface area contributed by atoms with E-state index in [0.29, 0.717) is 5.02 Å². The van der Waals surface area contributed by atoms with Crippen LogP contribution in [-0.4, -0.2) is 6.54 Å². The van der Waals surface area contributed by atoms with Gasteiger partial charge in [0, 0.05) is 16.0 Å². The number of fused-ring (bicyclic) bond motifs is 1. The number of furan rings is 2. The molecule has 0 amide bonds. The Balaban J connectivity index is 2.04. The predicted octanol–water partition coefficient (Wildman–Crippen LogP) is 4.69. The molecule has 3 nitrogen and oxygen atoms in total. The largest absolute Gasteiger partial charge is 0.469 e. The van der Waals surface area contributed by atoms with E-state index >= 15 is 0 Å². The average molecular weight is 290 g/mol. The Morgan fingerprint density at radius 2 is 2.10 bits per heavy atom. The third kappa shape index (κ3) is 2.47. The van der Waals surface area contributed by atoms with Gasteiger partial charge in [-0.15, -0.1) is 0 Å². The Bertz CT molecular complexity index is 729. The molecule has 0 fully saturated rings. The molecular formula is C16H16ClNO2. The standard InChI is InChI=1S/C16H16ClNO2/c1-3-18-16(12-6-10(2)19-9-12)15-8-11-7-13(17)4-5-14(11)20-15/h4-9,16,18H,3H2,1-2H3. The topological polar surface area (TPSA) is 38.3 Å². The van der Waals surface area contributed by atoms with Crippen molar-refractivity contribution in [3.63, 3.8) is 0 Å². The molecule has 0 saturated heterocycles. The first-order chi connectivity index (χ1) is 9.67. The van der Waals surface area contributed by atoms with Gasteiger partial charge in [0.1, 0.15) is 17.1 Å². The highest BCUT2D eigenvalue weighted by molar-refractivity contribution is 6.31. The fourth-order valence-electron chi connectivity index (χ4n) is 2.38.